The Hall–Kier alpha value is -2.52. The van der Waals surface area contributed by atoms with Crippen LogP contribution in [0.4, 0.5) is 0 Å². The van der Waals surface area contributed by atoms with Crippen LogP contribution in [0.15, 0.2) is 91.0 Å². The lowest BCUT2D eigenvalue weighted by Crippen LogP contribution is -2.59. The smallest absolute Gasteiger partial charge is 0.309 e. The minimum absolute atomic E-state index is 0.188. The van der Waals surface area contributed by atoms with Crippen LogP contribution in [0.3, 0.4) is 0 Å². The largest absolute Gasteiger partial charge is 0.462 e. The van der Waals surface area contributed by atoms with Gasteiger partial charge in [-0.3, -0.25) is 4.79 Å². The van der Waals surface area contributed by atoms with Crippen LogP contribution in [-0.2, 0) is 14.7 Å². The molecule has 0 bridgehead atoms. The van der Waals surface area contributed by atoms with Crippen LogP contribution in [0.1, 0.15) is 40.5 Å². The molecular weight excluding hydrogens is 453 g/mol. The highest BCUT2D eigenvalue weighted by molar-refractivity contribution is 7.95. The van der Waals surface area contributed by atoms with E-state index in [1.165, 1.54) is 15.9 Å². The maximum atomic E-state index is 13.2. The molecule has 35 heavy (non-hydrogen) atoms. The van der Waals surface area contributed by atoms with Crippen LogP contribution >= 0.6 is 7.26 Å². The molecule has 1 radical (unpaired) electrons. The molecule has 0 spiro atoms. The Kier molecular flexibility index (Phi) is 7.47. The van der Waals surface area contributed by atoms with E-state index in [-0.39, 0.29) is 11.9 Å². The maximum absolute atomic E-state index is 13.2. The summed E-state index contributed by atoms with van der Waals surface area (Å²) >= 11 is 0. The van der Waals surface area contributed by atoms with E-state index in [0.717, 1.165) is 11.2 Å². The number of rotatable bonds is 7. The van der Waals surface area contributed by atoms with Gasteiger partial charge in [0.15, 0.2) is 0 Å². The number of piperidine rings is 1. The average molecular weight is 490 g/mol. The summed E-state index contributed by atoms with van der Waals surface area (Å²) in [6.45, 7) is 8.00. The zero-order valence-electron chi connectivity index (χ0n) is 21.2. The third-order valence-corrected chi connectivity index (χ3v) is 11.6. The summed E-state index contributed by atoms with van der Waals surface area (Å²) in [7, 11) is -2.05. The molecule has 4 rings (SSSR count). The van der Waals surface area contributed by atoms with E-state index in [1.807, 2.05) is 45.9 Å². The minimum Gasteiger partial charge on any atom is -0.462 e. The fraction of sp³-hybridized carbons (Fsp3) is 0.367. The molecule has 1 fully saturated rings. The molecule has 0 unspecified atom stereocenters. The predicted octanol–water partition coefficient (Wildman–Crippen LogP) is 5.14. The van der Waals surface area contributed by atoms with Gasteiger partial charge in [0.1, 0.15) is 35.9 Å². The van der Waals surface area contributed by atoms with Crippen LogP contribution in [0, 0.1) is 5.92 Å². The van der Waals surface area contributed by atoms with Crippen LogP contribution in [0.25, 0.3) is 0 Å². The summed E-state index contributed by atoms with van der Waals surface area (Å²) in [5.74, 6) is -0.463. The molecule has 1 saturated heterocycles. The Morgan fingerprint density at radius 3 is 1.51 bits per heavy atom. The first kappa shape index (κ1) is 25.6. The zero-order valence-corrected chi connectivity index (χ0v) is 22.1. The summed E-state index contributed by atoms with van der Waals surface area (Å²) in [5.41, 5.74) is -1.19. The van der Waals surface area contributed by atoms with Gasteiger partial charge in [0.2, 0.25) is 0 Å². The molecule has 0 amide bonds. The first-order valence-corrected chi connectivity index (χ1v) is 14.3. The van der Waals surface area contributed by atoms with E-state index >= 15 is 0 Å². The van der Waals surface area contributed by atoms with Gasteiger partial charge < -0.3 is 4.74 Å². The SMILES string of the molecule is CC1(C)CC(C(=O)OCC[P+](c2ccccc2)(c2ccccc2)c2ccccc2)CC(C)(C)N1[O]. The third kappa shape index (κ3) is 5.21. The van der Waals surface area contributed by atoms with Crippen molar-refractivity contribution in [2.75, 3.05) is 12.8 Å². The van der Waals surface area contributed by atoms with Gasteiger partial charge in [-0.05, 0) is 76.9 Å². The lowest BCUT2D eigenvalue weighted by atomic mass is 9.75. The standard InChI is InChI=1S/C30H36NO3P/c1-29(2)22-24(23-30(3,4)31(29)33)28(32)34-20-21-35(25-14-8-5-9-15-25,26-16-10-6-11-17-26)27-18-12-7-13-19-27/h5-19,24H,20-23H2,1-4H3/q+1. The topological polar surface area (TPSA) is 49.4 Å². The molecule has 0 atom stereocenters. The van der Waals surface area contributed by atoms with Crippen molar-refractivity contribution in [3.05, 3.63) is 91.0 Å². The molecule has 5 heteroatoms. The van der Waals surface area contributed by atoms with Crippen LogP contribution in [0.2, 0.25) is 0 Å². The van der Waals surface area contributed by atoms with Crippen LogP contribution in [-0.4, -0.2) is 34.9 Å². The Morgan fingerprint density at radius 2 is 1.14 bits per heavy atom. The molecule has 3 aromatic carbocycles. The van der Waals surface area contributed by atoms with E-state index in [9.17, 15) is 10.0 Å². The van der Waals surface area contributed by atoms with Crippen molar-refractivity contribution in [1.82, 2.24) is 5.06 Å². The number of ether oxygens (including phenoxy) is 1. The Bertz CT molecular complexity index is 1000. The predicted molar refractivity (Wildman–Crippen MR) is 144 cm³/mol. The van der Waals surface area contributed by atoms with Crippen molar-refractivity contribution in [3.63, 3.8) is 0 Å². The summed E-state index contributed by atoms with van der Waals surface area (Å²) < 4.78 is 5.99. The van der Waals surface area contributed by atoms with Gasteiger partial charge in [-0.2, -0.15) is 0 Å². The number of benzene rings is 3. The lowest BCUT2D eigenvalue weighted by Gasteiger charge is -2.49. The van der Waals surface area contributed by atoms with Gasteiger partial charge >= 0.3 is 5.97 Å². The fourth-order valence-corrected chi connectivity index (χ4v) is 9.79. The lowest BCUT2D eigenvalue weighted by molar-refractivity contribution is -0.293. The van der Waals surface area contributed by atoms with Crippen LogP contribution < -0.4 is 15.9 Å². The highest BCUT2D eigenvalue weighted by Gasteiger charge is 2.49. The van der Waals surface area contributed by atoms with Gasteiger partial charge in [-0.1, -0.05) is 54.6 Å². The van der Waals surface area contributed by atoms with Gasteiger partial charge in [-0.15, -0.1) is 10.3 Å². The van der Waals surface area contributed by atoms with E-state index < -0.39 is 18.3 Å². The number of hydrogen-bond acceptors (Lipinski definition) is 3. The molecule has 1 aliphatic rings. The molecule has 0 aliphatic carbocycles. The average Bonchev–Trinajstić information content (AvgIpc) is 2.86. The molecule has 0 aromatic heterocycles. The maximum Gasteiger partial charge on any atom is 0.309 e. The second-order valence-corrected chi connectivity index (χ2v) is 14.3. The highest BCUT2D eigenvalue weighted by atomic mass is 31.2. The van der Waals surface area contributed by atoms with E-state index in [1.54, 1.807) is 0 Å². The minimum atomic E-state index is -2.05. The van der Waals surface area contributed by atoms with E-state index in [0.29, 0.717) is 19.4 Å². The molecule has 183 valence electrons. The zero-order chi connectivity index (χ0) is 25.1. The molecule has 1 heterocycles. The van der Waals surface area contributed by atoms with Gasteiger partial charge in [0.25, 0.3) is 0 Å². The summed E-state index contributed by atoms with van der Waals surface area (Å²) in [5, 5.41) is 17.7. The Labute approximate surface area is 210 Å². The molecular formula is C30H36NO3P+. The van der Waals surface area contributed by atoms with Crippen molar-refractivity contribution in [1.29, 1.82) is 0 Å². The number of carbonyl (C=O) groups is 1. The molecule has 3 aromatic rings. The first-order chi connectivity index (χ1) is 16.7. The van der Waals surface area contributed by atoms with E-state index in [2.05, 4.69) is 72.8 Å². The first-order valence-electron chi connectivity index (χ1n) is 12.4. The second-order valence-electron chi connectivity index (χ2n) is 10.7. The number of carbonyl (C=O) groups excluding carboxylic acids is 1. The van der Waals surface area contributed by atoms with Gasteiger partial charge in [0, 0.05) is 11.1 Å². The van der Waals surface area contributed by atoms with Crippen LogP contribution in [0.5, 0.6) is 0 Å². The van der Waals surface area contributed by atoms with Crippen molar-refractivity contribution in [2.24, 2.45) is 5.92 Å². The van der Waals surface area contributed by atoms with Crippen molar-refractivity contribution < 1.29 is 14.7 Å². The van der Waals surface area contributed by atoms with Crippen molar-refractivity contribution in [3.8, 4) is 0 Å². The quantitative estimate of drug-likeness (QED) is 0.341. The van der Waals surface area contributed by atoms with Gasteiger partial charge in [-0.25, -0.2) is 0 Å². The number of hydrogen-bond donors (Lipinski definition) is 0. The molecule has 0 saturated carbocycles. The Balaban J connectivity index is 1.62. The normalized spacial score (nSPS) is 18.2. The molecule has 0 N–H and O–H groups in total. The Morgan fingerprint density at radius 1 is 0.771 bits per heavy atom. The molecule has 4 nitrogen and oxygen atoms in total. The molecule has 1 aliphatic heterocycles. The number of hydroxylamine groups is 2. The monoisotopic (exact) mass is 489 g/mol. The second kappa shape index (κ2) is 10.2. The third-order valence-electron chi connectivity index (χ3n) is 7.19. The highest BCUT2D eigenvalue weighted by Crippen LogP contribution is 2.55. The fourth-order valence-electron chi connectivity index (χ4n) is 5.71. The number of esters is 1. The van der Waals surface area contributed by atoms with Crippen molar-refractivity contribution in [2.45, 2.75) is 51.6 Å². The van der Waals surface area contributed by atoms with Gasteiger partial charge in [0.05, 0.1) is 5.92 Å². The van der Waals surface area contributed by atoms with E-state index in [4.69, 9.17) is 4.74 Å². The summed E-state index contributed by atoms with van der Waals surface area (Å²) in [4.78, 5) is 13.2. The summed E-state index contributed by atoms with van der Waals surface area (Å²) in [6, 6.07) is 31.8. The summed E-state index contributed by atoms with van der Waals surface area (Å²) in [6.07, 6.45) is 1.74. The number of nitrogens with zero attached hydrogens (tertiary/aromatic N) is 1. The van der Waals surface area contributed by atoms with Crippen molar-refractivity contribution >= 4 is 29.1 Å².